The molecule has 4 rings (SSSR count). The van der Waals surface area contributed by atoms with Crippen molar-refractivity contribution in [3.05, 3.63) is 83.8 Å². The summed E-state index contributed by atoms with van der Waals surface area (Å²) in [5.41, 5.74) is 3.37. The van der Waals surface area contributed by atoms with Crippen LogP contribution in [0.1, 0.15) is 21.7 Å². The second kappa shape index (κ2) is 10.1. The van der Waals surface area contributed by atoms with Gasteiger partial charge in [-0.2, -0.15) is 5.10 Å². The van der Waals surface area contributed by atoms with E-state index in [0.29, 0.717) is 12.1 Å². The molecular weight excluding hydrogens is 406 g/mol. The molecule has 0 spiro atoms. The molecule has 6 nitrogen and oxygen atoms in total. The van der Waals surface area contributed by atoms with Crippen molar-refractivity contribution in [2.75, 3.05) is 20.1 Å². The first kappa shape index (κ1) is 20.8. The first-order valence-corrected chi connectivity index (χ1v) is 10.8. The molecule has 0 aliphatic carbocycles. The summed E-state index contributed by atoms with van der Waals surface area (Å²) in [4.78, 5) is 18.8. The lowest BCUT2D eigenvalue weighted by atomic mass is 10.2. The highest BCUT2D eigenvalue weighted by Gasteiger charge is 2.12. The fraction of sp³-hybridized carbons (Fsp3) is 0.125. The molecule has 0 fully saturated rings. The molecule has 0 radical (unpaired) electrons. The van der Waals surface area contributed by atoms with Crippen LogP contribution in [-0.2, 0) is 0 Å². The SMILES string of the molecule is CNCCNC(=O)c1ccccc1Sc1ccc2c(C=Cc3ccccn3)n[nH]c2c1. The zero-order valence-corrected chi connectivity index (χ0v) is 17.9. The van der Waals surface area contributed by atoms with Gasteiger partial charge in [0.05, 0.1) is 22.5 Å². The number of benzene rings is 2. The molecule has 31 heavy (non-hydrogen) atoms. The standard InChI is InChI=1S/C24H23N5OS/c1-25-14-15-27-24(30)20-7-2-3-8-23(20)31-18-10-11-19-21(28-29-22(19)16-18)12-9-17-6-4-5-13-26-17/h2-13,16,25H,14-15H2,1H3,(H,27,30)(H,28,29). The van der Waals surface area contributed by atoms with E-state index in [1.165, 1.54) is 0 Å². The van der Waals surface area contributed by atoms with Crippen molar-refractivity contribution in [2.45, 2.75) is 9.79 Å². The lowest BCUT2D eigenvalue weighted by Gasteiger charge is -2.10. The largest absolute Gasteiger partial charge is 0.351 e. The second-order valence-electron chi connectivity index (χ2n) is 6.86. The van der Waals surface area contributed by atoms with Gasteiger partial charge in [0.2, 0.25) is 0 Å². The number of carbonyl (C=O) groups excluding carboxylic acids is 1. The quantitative estimate of drug-likeness (QED) is 0.365. The van der Waals surface area contributed by atoms with E-state index in [2.05, 4.69) is 44.0 Å². The van der Waals surface area contributed by atoms with E-state index in [0.717, 1.165) is 38.6 Å². The number of nitrogens with zero attached hydrogens (tertiary/aromatic N) is 2. The molecule has 0 bridgehead atoms. The topological polar surface area (TPSA) is 82.7 Å². The van der Waals surface area contributed by atoms with E-state index in [-0.39, 0.29) is 5.91 Å². The minimum absolute atomic E-state index is 0.0667. The Kier molecular flexibility index (Phi) is 6.76. The first-order chi connectivity index (χ1) is 15.2. The molecule has 2 aromatic carbocycles. The van der Waals surface area contributed by atoms with Crippen molar-refractivity contribution in [2.24, 2.45) is 0 Å². The highest BCUT2D eigenvalue weighted by molar-refractivity contribution is 7.99. The molecule has 1 amide bonds. The van der Waals surface area contributed by atoms with Crippen molar-refractivity contribution in [3.63, 3.8) is 0 Å². The lowest BCUT2D eigenvalue weighted by molar-refractivity contribution is 0.0951. The summed E-state index contributed by atoms with van der Waals surface area (Å²) in [5.74, 6) is -0.0667. The average Bonchev–Trinajstić information content (AvgIpc) is 3.21. The van der Waals surface area contributed by atoms with E-state index in [1.54, 1.807) is 18.0 Å². The number of hydrogen-bond donors (Lipinski definition) is 3. The number of pyridine rings is 1. The maximum atomic E-state index is 12.6. The third-order valence-electron chi connectivity index (χ3n) is 4.68. The Morgan fingerprint density at radius 1 is 1.06 bits per heavy atom. The number of likely N-dealkylation sites (N-methyl/N-ethyl adjacent to an activating group) is 1. The van der Waals surface area contributed by atoms with Crippen molar-refractivity contribution in [1.82, 2.24) is 25.8 Å². The molecular formula is C24H23N5OS. The second-order valence-corrected chi connectivity index (χ2v) is 7.98. The van der Waals surface area contributed by atoms with Gasteiger partial charge in [-0.15, -0.1) is 0 Å². The normalized spacial score (nSPS) is 11.3. The van der Waals surface area contributed by atoms with E-state index < -0.39 is 0 Å². The zero-order valence-electron chi connectivity index (χ0n) is 17.1. The number of H-pyrrole nitrogens is 1. The van der Waals surface area contributed by atoms with Crippen molar-refractivity contribution in [1.29, 1.82) is 0 Å². The van der Waals surface area contributed by atoms with Crippen molar-refractivity contribution >= 4 is 40.7 Å². The van der Waals surface area contributed by atoms with Crippen LogP contribution in [0.15, 0.2) is 76.7 Å². The summed E-state index contributed by atoms with van der Waals surface area (Å²) in [6, 6.07) is 19.6. The predicted octanol–water partition coefficient (Wildman–Crippen LogP) is 4.23. The Balaban J connectivity index is 1.53. The van der Waals surface area contributed by atoms with Crippen LogP contribution >= 0.6 is 11.8 Å². The summed E-state index contributed by atoms with van der Waals surface area (Å²) in [6.45, 7) is 1.32. The Hall–Kier alpha value is -3.42. The van der Waals surface area contributed by atoms with Gasteiger partial charge in [0.25, 0.3) is 5.91 Å². The van der Waals surface area contributed by atoms with Crippen LogP contribution in [0.2, 0.25) is 0 Å². The fourth-order valence-electron chi connectivity index (χ4n) is 3.12. The summed E-state index contributed by atoms with van der Waals surface area (Å²) in [5, 5.41) is 14.5. The Morgan fingerprint density at radius 2 is 1.94 bits per heavy atom. The molecule has 2 aromatic heterocycles. The van der Waals surface area contributed by atoms with Crippen LogP contribution in [0, 0.1) is 0 Å². The number of amides is 1. The molecule has 0 aliphatic rings. The molecule has 0 saturated carbocycles. The number of nitrogens with one attached hydrogen (secondary N) is 3. The van der Waals surface area contributed by atoms with Crippen molar-refractivity contribution < 1.29 is 4.79 Å². The molecule has 0 saturated heterocycles. The molecule has 7 heteroatoms. The van der Waals surface area contributed by atoms with E-state index in [9.17, 15) is 4.79 Å². The Bertz CT molecular complexity index is 1200. The summed E-state index contributed by atoms with van der Waals surface area (Å²) in [6.07, 6.45) is 5.67. The number of hydrogen-bond acceptors (Lipinski definition) is 5. The van der Waals surface area contributed by atoms with E-state index >= 15 is 0 Å². The number of fused-ring (bicyclic) bond motifs is 1. The molecule has 2 heterocycles. The highest BCUT2D eigenvalue weighted by atomic mass is 32.2. The maximum absolute atomic E-state index is 12.6. The van der Waals surface area contributed by atoms with Gasteiger partial charge in [-0.05, 0) is 61.7 Å². The number of rotatable bonds is 8. The van der Waals surface area contributed by atoms with Crippen LogP contribution in [0.4, 0.5) is 0 Å². The number of aromatic nitrogens is 3. The van der Waals surface area contributed by atoms with Crippen LogP contribution in [0.25, 0.3) is 23.1 Å². The smallest absolute Gasteiger partial charge is 0.252 e. The summed E-state index contributed by atoms with van der Waals surface area (Å²) in [7, 11) is 1.86. The van der Waals surface area contributed by atoms with Gasteiger partial charge in [0.15, 0.2) is 0 Å². The van der Waals surface area contributed by atoms with Gasteiger partial charge in [0, 0.05) is 34.5 Å². The minimum atomic E-state index is -0.0667. The van der Waals surface area contributed by atoms with Crippen LogP contribution in [-0.4, -0.2) is 41.2 Å². The Morgan fingerprint density at radius 3 is 2.77 bits per heavy atom. The lowest BCUT2D eigenvalue weighted by Crippen LogP contribution is -2.30. The number of aromatic amines is 1. The van der Waals surface area contributed by atoms with Crippen molar-refractivity contribution in [3.8, 4) is 0 Å². The van der Waals surface area contributed by atoms with Crippen LogP contribution in [0.5, 0.6) is 0 Å². The number of carbonyl (C=O) groups is 1. The monoisotopic (exact) mass is 429 g/mol. The predicted molar refractivity (Wildman–Crippen MR) is 126 cm³/mol. The maximum Gasteiger partial charge on any atom is 0.252 e. The molecule has 3 N–H and O–H groups in total. The zero-order chi connectivity index (χ0) is 21.5. The van der Waals surface area contributed by atoms with E-state index in [4.69, 9.17) is 0 Å². The third kappa shape index (κ3) is 5.20. The molecule has 0 unspecified atom stereocenters. The van der Waals surface area contributed by atoms with Gasteiger partial charge >= 0.3 is 0 Å². The molecule has 0 aliphatic heterocycles. The highest BCUT2D eigenvalue weighted by Crippen LogP contribution is 2.32. The van der Waals surface area contributed by atoms with Gasteiger partial charge in [0.1, 0.15) is 0 Å². The van der Waals surface area contributed by atoms with Gasteiger partial charge < -0.3 is 10.6 Å². The third-order valence-corrected chi connectivity index (χ3v) is 5.75. The molecule has 4 aromatic rings. The average molecular weight is 430 g/mol. The summed E-state index contributed by atoms with van der Waals surface area (Å²) < 4.78 is 0. The van der Waals surface area contributed by atoms with Gasteiger partial charge in [-0.25, -0.2) is 0 Å². The summed E-state index contributed by atoms with van der Waals surface area (Å²) >= 11 is 1.56. The van der Waals surface area contributed by atoms with E-state index in [1.807, 2.05) is 61.7 Å². The Labute approximate surface area is 185 Å². The molecule has 156 valence electrons. The fourth-order valence-corrected chi connectivity index (χ4v) is 4.10. The van der Waals surface area contributed by atoms with Gasteiger partial charge in [-0.3, -0.25) is 14.9 Å². The van der Waals surface area contributed by atoms with Crippen LogP contribution < -0.4 is 10.6 Å². The first-order valence-electron chi connectivity index (χ1n) is 10.0. The van der Waals surface area contributed by atoms with Gasteiger partial charge in [-0.1, -0.05) is 30.0 Å². The molecule has 0 atom stereocenters. The minimum Gasteiger partial charge on any atom is -0.351 e. The van der Waals surface area contributed by atoms with Crippen LogP contribution in [0.3, 0.4) is 0 Å².